The summed E-state index contributed by atoms with van der Waals surface area (Å²) in [5, 5.41) is -0.0758. The van der Waals surface area contributed by atoms with Crippen molar-refractivity contribution in [2.24, 2.45) is 0 Å². The molecule has 3 heteroatoms. The van der Waals surface area contributed by atoms with Gasteiger partial charge in [0.05, 0.1) is 11.2 Å². The van der Waals surface area contributed by atoms with Gasteiger partial charge in [-0.2, -0.15) is 0 Å². The van der Waals surface area contributed by atoms with Crippen molar-refractivity contribution in [3.05, 3.63) is 0 Å². The van der Waals surface area contributed by atoms with Gasteiger partial charge in [0.1, 0.15) is 7.34 Å². The van der Waals surface area contributed by atoms with Gasteiger partial charge in [0, 0.05) is 5.16 Å². The molecule has 0 aromatic rings. The first kappa shape index (κ1) is 16.2. The maximum atomic E-state index is 6.14. The maximum Gasteiger partial charge on any atom is 0.123 e. The number of rotatable bonds is 2. The van der Waals surface area contributed by atoms with Crippen LogP contribution in [0.15, 0.2) is 0 Å². The van der Waals surface area contributed by atoms with Crippen LogP contribution in [-0.2, 0) is 9.05 Å². The van der Waals surface area contributed by atoms with Crippen molar-refractivity contribution in [2.75, 3.05) is 0 Å². The third-order valence-corrected chi connectivity index (χ3v) is 5.59. The molecule has 0 bridgehead atoms. The lowest BCUT2D eigenvalue weighted by molar-refractivity contribution is 0.0632. The molecule has 0 radical (unpaired) electrons. The molecule has 0 atom stereocenters. The smallest absolute Gasteiger partial charge is 0.123 e. The summed E-state index contributed by atoms with van der Waals surface area (Å²) in [6.45, 7) is 18.7. The second kappa shape index (κ2) is 4.48. The van der Waals surface area contributed by atoms with Crippen LogP contribution in [0.25, 0.3) is 0 Å². The fourth-order valence-corrected chi connectivity index (χ4v) is 3.53. The third-order valence-electron chi connectivity index (χ3n) is 1.86. The Balaban J connectivity index is 5.16. The van der Waals surface area contributed by atoms with E-state index >= 15 is 0 Å². The summed E-state index contributed by atoms with van der Waals surface area (Å²) in [5.41, 5.74) is -0.456. The monoisotopic (exact) mass is 248 g/mol. The van der Waals surface area contributed by atoms with E-state index in [1.807, 2.05) is 41.5 Å². The van der Waals surface area contributed by atoms with E-state index in [0.717, 1.165) is 0 Å². The van der Waals surface area contributed by atoms with E-state index in [1.165, 1.54) is 0 Å². The largest absolute Gasteiger partial charge is 0.331 e. The van der Waals surface area contributed by atoms with E-state index in [1.54, 1.807) is 0 Å². The minimum absolute atomic E-state index is 0.0758. The predicted molar refractivity (Wildman–Crippen MR) is 75.5 cm³/mol. The third kappa shape index (κ3) is 5.52. The second-order valence-electron chi connectivity index (χ2n) is 7.25. The Bertz CT molecular complexity index is 254. The summed E-state index contributed by atoms with van der Waals surface area (Å²) in [6, 6.07) is 0. The Morgan fingerprint density at radius 1 is 0.688 bits per heavy atom. The molecule has 0 amide bonds. The van der Waals surface area contributed by atoms with Gasteiger partial charge in [0.15, 0.2) is 0 Å². The molecule has 0 saturated carbocycles. The van der Waals surface area contributed by atoms with Gasteiger partial charge < -0.3 is 9.05 Å². The summed E-state index contributed by atoms with van der Waals surface area (Å²) < 4.78 is 12.3. The van der Waals surface area contributed by atoms with E-state index in [9.17, 15) is 0 Å². The Hall–Kier alpha value is 0.220. The van der Waals surface area contributed by atoms with E-state index in [4.69, 9.17) is 9.05 Å². The zero-order valence-corrected chi connectivity index (χ0v) is 13.4. The minimum Gasteiger partial charge on any atom is -0.331 e. The quantitative estimate of drug-likeness (QED) is 0.660. The van der Waals surface area contributed by atoms with E-state index < -0.39 is 7.34 Å². The fourth-order valence-electron chi connectivity index (χ4n) is 1.18. The SMILES string of the molecule is C=P(OC(C)(C)C)(OC(C)(C)C)C(C)(C)C. The van der Waals surface area contributed by atoms with Gasteiger partial charge in [-0.25, -0.2) is 0 Å². The van der Waals surface area contributed by atoms with Crippen LogP contribution in [-0.4, -0.2) is 22.7 Å². The molecule has 0 rings (SSSR count). The van der Waals surface area contributed by atoms with Crippen molar-refractivity contribution in [2.45, 2.75) is 78.7 Å². The highest BCUT2D eigenvalue weighted by Crippen LogP contribution is 2.63. The van der Waals surface area contributed by atoms with Gasteiger partial charge in [-0.1, -0.05) is 27.1 Å². The van der Waals surface area contributed by atoms with Crippen LogP contribution in [0.4, 0.5) is 0 Å². The second-order valence-corrected chi connectivity index (χ2v) is 10.3. The number of hydrogen-bond donors (Lipinski definition) is 0. The van der Waals surface area contributed by atoms with Gasteiger partial charge in [-0.15, -0.1) is 0 Å². The molecule has 0 aliphatic carbocycles. The zero-order valence-electron chi connectivity index (χ0n) is 12.5. The summed E-state index contributed by atoms with van der Waals surface area (Å²) in [5.74, 6) is 0. The standard InChI is InChI=1S/C13H29O2P/c1-11(2,3)14-16(10,13(7,8)9)15-12(4,5)6/h10H2,1-9H3. The van der Waals surface area contributed by atoms with Gasteiger partial charge >= 0.3 is 0 Å². The lowest BCUT2D eigenvalue weighted by Crippen LogP contribution is -2.31. The highest BCUT2D eigenvalue weighted by molar-refractivity contribution is 7.66. The summed E-state index contributed by atoms with van der Waals surface area (Å²) in [6.07, 6.45) is 4.28. The first-order valence-electron chi connectivity index (χ1n) is 5.81. The molecule has 0 unspecified atom stereocenters. The van der Waals surface area contributed by atoms with Crippen molar-refractivity contribution in [1.29, 1.82) is 0 Å². The lowest BCUT2D eigenvalue weighted by Gasteiger charge is -2.44. The topological polar surface area (TPSA) is 18.5 Å². The fraction of sp³-hybridized carbons (Fsp3) is 0.923. The molecule has 0 fully saturated rings. The van der Waals surface area contributed by atoms with Crippen LogP contribution in [0.2, 0.25) is 0 Å². The Morgan fingerprint density at radius 3 is 1.06 bits per heavy atom. The molecule has 16 heavy (non-hydrogen) atoms. The average molecular weight is 248 g/mol. The molecule has 0 heterocycles. The van der Waals surface area contributed by atoms with Crippen LogP contribution in [0.5, 0.6) is 0 Å². The van der Waals surface area contributed by atoms with Crippen molar-refractivity contribution < 1.29 is 9.05 Å². The van der Waals surface area contributed by atoms with Crippen LogP contribution in [0.1, 0.15) is 62.3 Å². The van der Waals surface area contributed by atoms with Crippen LogP contribution in [0, 0.1) is 0 Å². The molecular formula is C13H29O2P. The molecule has 0 aliphatic rings. The van der Waals surface area contributed by atoms with Crippen molar-refractivity contribution >= 4 is 13.6 Å². The minimum atomic E-state index is -2.15. The Labute approximate surface area is 102 Å². The molecular weight excluding hydrogens is 219 g/mol. The molecule has 0 aliphatic heterocycles. The highest BCUT2D eigenvalue weighted by Gasteiger charge is 2.38. The van der Waals surface area contributed by atoms with Crippen molar-refractivity contribution in [3.8, 4) is 0 Å². The predicted octanol–water partition coefficient (Wildman–Crippen LogP) is 4.69. The van der Waals surface area contributed by atoms with Crippen LogP contribution >= 0.6 is 7.34 Å². The molecule has 0 N–H and O–H groups in total. The van der Waals surface area contributed by atoms with Crippen LogP contribution in [0.3, 0.4) is 0 Å². The molecule has 2 nitrogen and oxygen atoms in total. The van der Waals surface area contributed by atoms with Crippen molar-refractivity contribution in [1.82, 2.24) is 0 Å². The van der Waals surface area contributed by atoms with Crippen molar-refractivity contribution in [3.63, 3.8) is 0 Å². The number of hydrogen-bond acceptors (Lipinski definition) is 2. The van der Waals surface area contributed by atoms with E-state index in [0.29, 0.717) is 0 Å². The normalized spacial score (nSPS) is 15.3. The maximum absolute atomic E-state index is 6.14. The average Bonchev–Trinajstić information content (AvgIpc) is 1.72. The first-order valence-corrected chi connectivity index (χ1v) is 7.62. The van der Waals surface area contributed by atoms with Gasteiger partial charge in [0.25, 0.3) is 0 Å². The molecule has 98 valence electrons. The lowest BCUT2D eigenvalue weighted by atomic mass is 10.2. The van der Waals surface area contributed by atoms with E-state index in [2.05, 4.69) is 27.1 Å². The molecule has 0 spiro atoms. The summed E-state index contributed by atoms with van der Waals surface area (Å²) >= 11 is 0. The van der Waals surface area contributed by atoms with Gasteiger partial charge in [-0.3, -0.25) is 0 Å². The van der Waals surface area contributed by atoms with E-state index in [-0.39, 0.29) is 16.4 Å². The van der Waals surface area contributed by atoms with Gasteiger partial charge in [-0.05, 0) is 41.5 Å². The summed E-state index contributed by atoms with van der Waals surface area (Å²) in [4.78, 5) is 0. The zero-order chi connectivity index (χ0) is 13.4. The summed E-state index contributed by atoms with van der Waals surface area (Å²) in [7, 11) is -2.15. The molecule has 0 saturated heterocycles. The Kier molecular flexibility index (Phi) is 4.54. The molecule has 0 aromatic carbocycles. The Morgan fingerprint density at radius 2 is 0.938 bits per heavy atom. The first-order chi connectivity index (χ1) is 6.66. The van der Waals surface area contributed by atoms with Gasteiger partial charge in [0.2, 0.25) is 0 Å². The van der Waals surface area contributed by atoms with Crippen LogP contribution < -0.4 is 0 Å². The highest BCUT2D eigenvalue weighted by atomic mass is 31.2. The molecule has 0 aromatic heterocycles.